The first-order valence-corrected chi connectivity index (χ1v) is 8.10. The molecule has 0 fully saturated rings. The van der Waals surface area contributed by atoms with E-state index in [0.29, 0.717) is 18.3 Å². The summed E-state index contributed by atoms with van der Waals surface area (Å²) in [6.45, 7) is 1.38. The molecule has 0 saturated carbocycles. The molecule has 0 amide bonds. The van der Waals surface area contributed by atoms with Gasteiger partial charge in [-0.2, -0.15) is 4.98 Å². The maximum atomic E-state index is 5.49. The van der Waals surface area contributed by atoms with E-state index in [-0.39, 0.29) is 0 Å². The van der Waals surface area contributed by atoms with Gasteiger partial charge in [0.25, 0.3) is 5.89 Å². The molecule has 6 heteroatoms. The Kier molecular flexibility index (Phi) is 5.30. The van der Waals surface area contributed by atoms with Crippen LogP contribution in [-0.4, -0.2) is 31.4 Å². The number of quaternary nitrogens is 1. The van der Waals surface area contributed by atoms with Gasteiger partial charge in [0.05, 0.1) is 26.8 Å². The van der Waals surface area contributed by atoms with Crippen molar-refractivity contribution in [3.8, 4) is 22.9 Å². The summed E-state index contributed by atoms with van der Waals surface area (Å²) in [5.41, 5.74) is 2.02. The molecule has 2 aromatic carbocycles. The number of nitrogens with zero attached hydrogens (tertiary/aromatic N) is 2. The Morgan fingerprint density at radius 2 is 1.76 bits per heavy atom. The SMILES string of the molecule is COc1cccc(C[NH+](C)Cc2nc(-c3ccccc3)no2)c1OC. The number of aromatic nitrogens is 2. The Morgan fingerprint density at radius 1 is 0.960 bits per heavy atom. The lowest BCUT2D eigenvalue weighted by molar-refractivity contribution is -0.909. The van der Waals surface area contributed by atoms with Gasteiger partial charge in [0, 0.05) is 5.56 Å². The Labute approximate surface area is 147 Å². The van der Waals surface area contributed by atoms with E-state index in [9.17, 15) is 0 Å². The van der Waals surface area contributed by atoms with Crippen LogP contribution >= 0.6 is 0 Å². The summed E-state index contributed by atoms with van der Waals surface area (Å²) in [7, 11) is 5.37. The summed E-state index contributed by atoms with van der Waals surface area (Å²) in [5.74, 6) is 2.72. The third kappa shape index (κ3) is 3.97. The largest absolute Gasteiger partial charge is 0.493 e. The summed E-state index contributed by atoms with van der Waals surface area (Å²) >= 11 is 0. The van der Waals surface area contributed by atoms with Gasteiger partial charge in [-0.15, -0.1) is 0 Å². The number of methoxy groups -OCH3 is 2. The van der Waals surface area contributed by atoms with Crippen LogP contribution < -0.4 is 14.4 Å². The van der Waals surface area contributed by atoms with Gasteiger partial charge in [-0.3, -0.25) is 0 Å². The van der Waals surface area contributed by atoms with Crippen molar-refractivity contribution in [1.29, 1.82) is 0 Å². The van der Waals surface area contributed by atoms with Crippen LogP contribution in [0.25, 0.3) is 11.4 Å². The van der Waals surface area contributed by atoms with E-state index in [2.05, 4.69) is 17.2 Å². The summed E-state index contributed by atoms with van der Waals surface area (Å²) in [5, 5.41) is 4.06. The van der Waals surface area contributed by atoms with Crippen LogP contribution in [0.15, 0.2) is 53.1 Å². The topological polar surface area (TPSA) is 61.8 Å². The van der Waals surface area contributed by atoms with E-state index in [1.807, 2.05) is 48.5 Å². The second kappa shape index (κ2) is 7.81. The molecular weight excluding hydrogens is 318 g/mol. The normalized spacial score (nSPS) is 12.0. The second-order valence-electron chi connectivity index (χ2n) is 5.84. The molecule has 130 valence electrons. The molecule has 1 N–H and O–H groups in total. The van der Waals surface area contributed by atoms with Crippen LogP contribution in [-0.2, 0) is 13.1 Å². The number of hydrogen-bond acceptors (Lipinski definition) is 5. The van der Waals surface area contributed by atoms with E-state index < -0.39 is 0 Å². The molecule has 0 aliphatic rings. The van der Waals surface area contributed by atoms with E-state index in [1.54, 1.807) is 14.2 Å². The Morgan fingerprint density at radius 3 is 2.48 bits per heavy atom. The molecule has 1 atom stereocenters. The molecule has 3 rings (SSSR count). The predicted octanol–water partition coefficient (Wildman–Crippen LogP) is 1.97. The highest BCUT2D eigenvalue weighted by atomic mass is 16.5. The second-order valence-corrected chi connectivity index (χ2v) is 5.84. The molecule has 0 saturated heterocycles. The summed E-state index contributed by atoms with van der Waals surface area (Å²) in [6.07, 6.45) is 0. The molecule has 3 aromatic rings. The number of ether oxygens (including phenoxy) is 2. The smallest absolute Gasteiger partial charge is 0.282 e. The molecule has 1 heterocycles. The van der Waals surface area contributed by atoms with E-state index in [1.165, 1.54) is 4.90 Å². The first-order chi connectivity index (χ1) is 12.2. The third-order valence-electron chi connectivity index (χ3n) is 3.93. The van der Waals surface area contributed by atoms with Gasteiger partial charge in [-0.25, -0.2) is 0 Å². The average molecular weight is 340 g/mol. The quantitative estimate of drug-likeness (QED) is 0.712. The van der Waals surface area contributed by atoms with Crippen LogP contribution in [0.4, 0.5) is 0 Å². The molecule has 6 nitrogen and oxygen atoms in total. The van der Waals surface area contributed by atoms with Gasteiger partial charge in [0.2, 0.25) is 5.82 Å². The number of para-hydroxylation sites is 1. The van der Waals surface area contributed by atoms with Crippen molar-refractivity contribution in [3.05, 3.63) is 60.0 Å². The van der Waals surface area contributed by atoms with Crippen molar-refractivity contribution < 1.29 is 18.9 Å². The zero-order chi connectivity index (χ0) is 17.6. The van der Waals surface area contributed by atoms with Crippen LogP contribution in [0.5, 0.6) is 11.5 Å². The minimum absolute atomic E-state index is 0.609. The molecule has 0 radical (unpaired) electrons. The zero-order valence-corrected chi connectivity index (χ0v) is 14.7. The monoisotopic (exact) mass is 340 g/mol. The molecule has 0 bridgehead atoms. The highest BCUT2D eigenvalue weighted by Crippen LogP contribution is 2.30. The average Bonchev–Trinajstić information content (AvgIpc) is 3.10. The van der Waals surface area contributed by atoms with Gasteiger partial charge in [-0.1, -0.05) is 41.6 Å². The molecule has 25 heavy (non-hydrogen) atoms. The number of hydrogen-bond donors (Lipinski definition) is 1. The lowest BCUT2D eigenvalue weighted by Gasteiger charge is -2.16. The summed E-state index contributed by atoms with van der Waals surface area (Å²) < 4.78 is 16.2. The lowest BCUT2D eigenvalue weighted by atomic mass is 10.1. The summed E-state index contributed by atoms with van der Waals surface area (Å²) in [6, 6.07) is 15.7. The molecule has 1 aromatic heterocycles. The molecule has 0 spiro atoms. The van der Waals surface area contributed by atoms with E-state index >= 15 is 0 Å². The van der Waals surface area contributed by atoms with Gasteiger partial charge >= 0.3 is 0 Å². The van der Waals surface area contributed by atoms with Crippen LogP contribution in [0.2, 0.25) is 0 Å². The van der Waals surface area contributed by atoms with Crippen molar-refractivity contribution in [3.63, 3.8) is 0 Å². The number of benzene rings is 2. The standard InChI is InChI=1S/C19H21N3O3/c1-22(12-15-10-7-11-16(23-2)18(15)24-3)13-17-20-19(21-25-17)14-8-5-4-6-9-14/h4-11H,12-13H2,1-3H3/p+1. The fraction of sp³-hybridized carbons (Fsp3) is 0.263. The van der Waals surface area contributed by atoms with Gasteiger partial charge in [-0.05, 0) is 12.1 Å². The molecule has 1 unspecified atom stereocenters. The molecular formula is C19H22N3O3+. The number of nitrogens with one attached hydrogen (secondary N) is 1. The maximum Gasteiger partial charge on any atom is 0.282 e. The van der Waals surface area contributed by atoms with Crippen molar-refractivity contribution in [2.45, 2.75) is 13.1 Å². The fourth-order valence-electron chi connectivity index (χ4n) is 2.77. The van der Waals surface area contributed by atoms with Crippen LogP contribution in [0.1, 0.15) is 11.5 Å². The molecule has 0 aliphatic carbocycles. The zero-order valence-electron chi connectivity index (χ0n) is 14.7. The Bertz CT molecular complexity index is 818. The fourth-order valence-corrected chi connectivity index (χ4v) is 2.77. The van der Waals surface area contributed by atoms with Crippen molar-refractivity contribution in [2.75, 3.05) is 21.3 Å². The summed E-state index contributed by atoms with van der Waals surface area (Å²) in [4.78, 5) is 5.69. The Hall–Kier alpha value is -2.86. The van der Waals surface area contributed by atoms with Crippen LogP contribution in [0, 0.1) is 0 Å². The van der Waals surface area contributed by atoms with Crippen molar-refractivity contribution >= 4 is 0 Å². The Balaban J connectivity index is 1.69. The predicted molar refractivity (Wildman–Crippen MR) is 93.6 cm³/mol. The van der Waals surface area contributed by atoms with Gasteiger partial charge in [0.1, 0.15) is 6.54 Å². The van der Waals surface area contributed by atoms with Gasteiger partial charge in [0.15, 0.2) is 18.0 Å². The van der Waals surface area contributed by atoms with E-state index in [4.69, 9.17) is 14.0 Å². The third-order valence-corrected chi connectivity index (χ3v) is 3.93. The van der Waals surface area contributed by atoms with Gasteiger partial charge < -0.3 is 18.9 Å². The maximum absolute atomic E-state index is 5.49. The molecule has 0 aliphatic heterocycles. The van der Waals surface area contributed by atoms with E-state index in [0.717, 1.165) is 29.2 Å². The highest BCUT2D eigenvalue weighted by Gasteiger charge is 2.17. The van der Waals surface area contributed by atoms with Crippen molar-refractivity contribution in [1.82, 2.24) is 10.1 Å². The van der Waals surface area contributed by atoms with Crippen LogP contribution in [0.3, 0.4) is 0 Å². The first kappa shape index (κ1) is 17.0. The van der Waals surface area contributed by atoms with Crippen molar-refractivity contribution in [2.24, 2.45) is 0 Å². The minimum Gasteiger partial charge on any atom is -0.493 e. The lowest BCUT2D eigenvalue weighted by Crippen LogP contribution is -3.06. The first-order valence-electron chi connectivity index (χ1n) is 8.10. The highest BCUT2D eigenvalue weighted by molar-refractivity contribution is 5.53. The minimum atomic E-state index is 0.609. The number of rotatable bonds is 7.